The number of ether oxygens (including phenoxy) is 2. The highest BCUT2D eigenvalue weighted by atomic mass is 35.5. The van der Waals surface area contributed by atoms with E-state index in [4.69, 9.17) is 33.3 Å². The Morgan fingerprint density at radius 1 is 1.35 bits per heavy atom. The van der Waals surface area contributed by atoms with Gasteiger partial charge in [0.1, 0.15) is 5.82 Å². The van der Waals surface area contributed by atoms with Crippen molar-refractivity contribution in [3.63, 3.8) is 0 Å². The molecule has 2 aromatic carbocycles. The van der Waals surface area contributed by atoms with E-state index in [0.717, 1.165) is 5.56 Å². The summed E-state index contributed by atoms with van der Waals surface area (Å²) in [5.41, 5.74) is 0.893. The van der Waals surface area contributed by atoms with Gasteiger partial charge < -0.3 is 14.8 Å². The number of nitrogens with zero attached hydrogens (tertiary/aromatic N) is 1. The van der Waals surface area contributed by atoms with E-state index in [1.54, 1.807) is 19.2 Å². The first-order valence-electron chi connectivity index (χ1n) is 8.28. The van der Waals surface area contributed by atoms with Gasteiger partial charge in [-0.1, -0.05) is 30.7 Å². The van der Waals surface area contributed by atoms with Gasteiger partial charge in [-0.3, -0.25) is 4.90 Å². The largest absolute Gasteiger partial charge is 0.493 e. The van der Waals surface area contributed by atoms with Gasteiger partial charge in [0.15, 0.2) is 22.3 Å². The number of rotatable bonds is 2. The normalized spacial score (nSPS) is 26.7. The molecule has 0 spiro atoms. The second-order valence-electron chi connectivity index (χ2n) is 6.68. The number of nitrogens with one attached hydrogen (secondary N) is 1. The molecule has 3 atom stereocenters. The van der Waals surface area contributed by atoms with E-state index in [9.17, 15) is 4.39 Å². The quantitative estimate of drug-likeness (QED) is 0.751. The van der Waals surface area contributed by atoms with Crippen molar-refractivity contribution in [3.05, 3.63) is 52.8 Å². The molecule has 2 bridgehead atoms. The van der Waals surface area contributed by atoms with Crippen LogP contribution >= 0.6 is 23.8 Å². The summed E-state index contributed by atoms with van der Waals surface area (Å²) in [6.45, 7) is 4.07. The molecule has 0 unspecified atom stereocenters. The number of hydrogen-bond acceptors (Lipinski definition) is 3. The molecule has 2 aliphatic rings. The summed E-state index contributed by atoms with van der Waals surface area (Å²) in [5, 5.41) is 3.94. The number of fused-ring (bicyclic) bond motifs is 4. The molecule has 136 valence electrons. The molecular weight excluding hydrogens is 375 g/mol. The number of thiocarbonyl (C=S) groups is 1. The Hall–Kier alpha value is -2.05. The van der Waals surface area contributed by atoms with Crippen LogP contribution in [0.4, 0.5) is 10.1 Å². The number of benzene rings is 2. The van der Waals surface area contributed by atoms with Crippen LogP contribution in [0.25, 0.3) is 0 Å². The lowest BCUT2D eigenvalue weighted by Crippen LogP contribution is -2.69. The zero-order valence-corrected chi connectivity index (χ0v) is 16.1. The minimum absolute atomic E-state index is 0.0153. The Labute approximate surface area is 161 Å². The molecule has 0 amide bonds. The fourth-order valence-corrected chi connectivity index (χ4v) is 4.36. The van der Waals surface area contributed by atoms with E-state index < -0.39 is 11.5 Å². The molecule has 1 N–H and O–H groups in total. The molecule has 2 heterocycles. The van der Waals surface area contributed by atoms with Crippen LogP contribution in [0.15, 0.2) is 36.4 Å². The standard InChI is InChI=1S/C19H18ClFN2O2S/c1-10-16-12-5-4-6-15(24-3)17(12)25-19(10,2)23(18(26)22-16)11-7-8-14(21)13(20)9-11/h4-10,16H,1-3H3,(H,22,26)/t10-,16-,19+/m1/s1. The van der Waals surface area contributed by atoms with E-state index in [0.29, 0.717) is 22.3 Å². The smallest absolute Gasteiger partial charge is 0.191 e. The van der Waals surface area contributed by atoms with Crippen LogP contribution in [0.1, 0.15) is 25.5 Å². The van der Waals surface area contributed by atoms with E-state index in [1.807, 2.05) is 30.0 Å². The van der Waals surface area contributed by atoms with Crippen LogP contribution in [0, 0.1) is 11.7 Å². The molecule has 26 heavy (non-hydrogen) atoms. The van der Waals surface area contributed by atoms with E-state index in [1.165, 1.54) is 6.07 Å². The Kier molecular flexibility index (Phi) is 4.00. The van der Waals surface area contributed by atoms with Crippen molar-refractivity contribution in [2.75, 3.05) is 12.0 Å². The zero-order valence-electron chi connectivity index (χ0n) is 14.5. The van der Waals surface area contributed by atoms with Crippen molar-refractivity contribution < 1.29 is 13.9 Å². The third-order valence-electron chi connectivity index (χ3n) is 5.31. The topological polar surface area (TPSA) is 33.7 Å². The second kappa shape index (κ2) is 5.99. The maximum Gasteiger partial charge on any atom is 0.191 e. The predicted molar refractivity (Wildman–Crippen MR) is 104 cm³/mol. The van der Waals surface area contributed by atoms with Crippen LogP contribution in [0.5, 0.6) is 11.5 Å². The first-order valence-corrected chi connectivity index (χ1v) is 9.07. The molecule has 4 nitrogen and oxygen atoms in total. The maximum atomic E-state index is 13.6. The maximum absolute atomic E-state index is 13.6. The molecule has 0 aliphatic carbocycles. The zero-order chi connectivity index (χ0) is 18.6. The molecule has 0 aromatic heterocycles. The molecule has 0 saturated carbocycles. The third kappa shape index (κ3) is 2.36. The molecule has 4 rings (SSSR count). The summed E-state index contributed by atoms with van der Waals surface area (Å²) >= 11 is 11.6. The lowest BCUT2D eigenvalue weighted by Gasteiger charge is -2.56. The van der Waals surface area contributed by atoms with Gasteiger partial charge in [-0.15, -0.1) is 0 Å². The molecule has 1 fully saturated rings. The highest BCUT2D eigenvalue weighted by molar-refractivity contribution is 7.80. The van der Waals surface area contributed by atoms with Crippen molar-refractivity contribution in [3.8, 4) is 11.5 Å². The minimum atomic E-state index is -0.782. The van der Waals surface area contributed by atoms with Crippen molar-refractivity contribution in [2.24, 2.45) is 5.92 Å². The van der Waals surface area contributed by atoms with Gasteiger partial charge >= 0.3 is 0 Å². The molecular formula is C19H18ClFN2O2S. The summed E-state index contributed by atoms with van der Waals surface area (Å²) < 4.78 is 25.6. The lowest BCUT2D eigenvalue weighted by atomic mass is 9.80. The molecule has 1 saturated heterocycles. The van der Waals surface area contributed by atoms with Gasteiger partial charge in [-0.2, -0.15) is 0 Å². The number of halogens is 2. The van der Waals surface area contributed by atoms with Crippen LogP contribution in [-0.2, 0) is 0 Å². The van der Waals surface area contributed by atoms with E-state index in [2.05, 4.69) is 12.2 Å². The monoisotopic (exact) mass is 392 g/mol. The number of hydrogen-bond donors (Lipinski definition) is 1. The highest BCUT2D eigenvalue weighted by Crippen LogP contribution is 2.52. The second-order valence-corrected chi connectivity index (χ2v) is 7.48. The van der Waals surface area contributed by atoms with Gasteiger partial charge in [0.2, 0.25) is 0 Å². The molecule has 0 radical (unpaired) electrons. The summed E-state index contributed by atoms with van der Waals surface area (Å²) in [6, 6.07) is 10.3. The molecule has 7 heteroatoms. The number of methoxy groups -OCH3 is 1. The van der Waals surface area contributed by atoms with Crippen molar-refractivity contribution >= 4 is 34.6 Å². The van der Waals surface area contributed by atoms with Crippen molar-refractivity contribution in [1.29, 1.82) is 0 Å². The predicted octanol–water partition coefficient (Wildman–Crippen LogP) is 4.67. The van der Waals surface area contributed by atoms with Crippen LogP contribution in [0.2, 0.25) is 5.02 Å². The Morgan fingerprint density at radius 2 is 2.12 bits per heavy atom. The van der Waals surface area contributed by atoms with Gasteiger partial charge in [-0.05, 0) is 43.4 Å². The average Bonchev–Trinajstić information content (AvgIpc) is 2.60. The van der Waals surface area contributed by atoms with Gasteiger partial charge in [0.25, 0.3) is 0 Å². The molecule has 2 aromatic rings. The number of para-hydroxylation sites is 1. The fraction of sp³-hybridized carbons (Fsp3) is 0.316. The van der Waals surface area contributed by atoms with Gasteiger partial charge in [-0.25, -0.2) is 4.39 Å². The summed E-state index contributed by atoms with van der Waals surface area (Å²) in [5.74, 6) is 0.933. The van der Waals surface area contributed by atoms with Crippen LogP contribution in [-0.4, -0.2) is 17.9 Å². The van der Waals surface area contributed by atoms with Gasteiger partial charge in [0.05, 0.1) is 18.2 Å². The fourth-order valence-electron chi connectivity index (χ4n) is 3.77. The highest BCUT2D eigenvalue weighted by Gasteiger charge is 2.54. The Bertz CT molecular complexity index is 909. The minimum Gasteiger partial charge on any atom is -0.493 e. The van der Waals surface area contributed by atoms with E-state index >= 15 is 0 Å². The first-order chi connectivity index (χ1) is 12.4. The summed E-state index contributed by atoms with van der Waals surface area (Å²) in [7, 11) is 1.62. The van der Waals surface area contributed by atoms with Crippen molar-refractivity contribution in [2.45, 2.75) is 25.6 Å². The van der Waals surface area contributed by atoms with Crippen molar-refractivity contribution in [1.82, 2.24) is 5.32 Å². The third-order valence-corrected chi connectivity index (χ3v) is 5.90. The van der Waals surface area contributed by atoms with Gasteiger partial charge in [0, 0.05) is 17.2 Å². The molecule has 2 aliphatic heterocycles. The first kappa shape index (κ1) is 17.4. The summed E-state index contributed by atoms with van der Waals surface area (Å²) in [4.78, 5) is 1.85. The Morgan fingerprint density at radius 3 is 2.81 bits per heavy atom. The average molecular weight is 393 g/mol. The lowest BCUT2D eigenvalue weighted by molar-refractivity contribution is -0.00546. The van der Waals surface area contributed by atoms with Crippen LogP contribution in [0.3, 0.4) is 0 Å². The number of anilines is 1. The summed E-state index contributed by atoms with van der Waals surface area (Å²) in [6.07, 6.45) is 0. The Balaban J connectivity index is 1.87. The van der Waals surface area contributed by atoms with Crippen LogP contribution < -0.4 is 19.7 Å². The SMILES string of the molecule is COc1cccc2c1O[C@@]1(C)[C@H](C)[C@H]2NC(=S)N1c1ccc(F)c(Cl)c1. The van der Waals surface area contributed by atoms with E-state index in [-0.39, 0.29) is 17.0 Å².